The standard InChI is InChI=1S/C10H9NO2/c12-6-7-1-3-9-8(5-7)2-4-10(13)11-9/h1-5,12H,6H2,(H,11,13). The van der Waals surface area contributed by atoms with Crippen LogP contribution in [0.2, 0.25) is 0 Å². The van der Waals surface area contributed by atoms with Crippen molar-refractivity contribution in [3.8, 4) is 0 Å². The van der Waals surface area contributed by atoms with Crippen molar-refractivity contribution in [2.45, 2.75) is 6.61 Å². The van der Waals surface area contributed by atoms with E-state index in [0.717, 1.165) is 16.5 Å². The second-order valence-corrected chi connectivity index (χ2v) is 2.90. The van der Waals surface area contributed by atoms with E-state index in [2.05, 4.69) is 4.98 Å². The molecule has 0 aliphatic rings. The predicted octanol–water partition coefficient (Wildman–Crippen LogP) is 1.02. The van der Waals surface area contributed by atoms with Crippen molar-refractivity contribution in [3.63, 3.8) is 0 Å². The lowest BCUT2D eigenvalue weighted by Gasteiger charge is -1.99. The Morgan fingerprint density at radius 3 is 2.85 bits per heavy atom. The molecule has 0 aliphatic carbocycles. The molecule has 3 heteroatoms. The number of hydrogen-bond acceptors (Lipinski definition) is 2. The Kier molecular flexibility index (Phi) is 1.87. The average molecular weight is 175 g/mol. The van der Waals surface area contributed by atoms with Crippen molar-refractivity contribution in [1.29, 1.82) is 0 Å². The molecular formula is C10H9NO2. The number of pyridine rings is 1. The van der Waals surface area contributed by atoms with Gasteiger partial charge in [-0.25, -0.2) is 0 Å². The summed E-state index contributed by atoms with van der Waals surface area (Å²) in [7, 11) is 0. The van der Waals surface area contributed by atoms with Crippen molar-refractivity contribution in [1.82, 2.24) is 4.98 Å². The second-order valence-electron chi connectivity index (χ2n) is 2.90. The molecule has 2 rings (SSSR count). The van der Waals surface area contributed by atoms with Crippen molar-refractivity contribution < 1.29 is 5.11 Å². The summed E-state index contributed by atoms with van der Waals surface area (Å²) in [6.45, 7) is 0.0229. The highest BCUT2D eigenvalue weighted by atomic mass is 16.3. The van der Waals surface area contributed by atoms with Crippen LogP contribution < -0.4 is 5.56 Å². The third-order valence-electron chi connectivity index (χ3n) is 1.97. The number of aromatic nitrogens is 1. The van der Waals surface area contributed by atoms with E-state index in [1.54, 1.807) is 18.2 Å². The lowest BCUT2D eigenvalue weighted by molar-refractivity contribution is 0.282. The predicted molar refractivity (Wildman–Crippen MR) is 50.5 cm³/mol. The smallest absolute Gasteiger partial charge is 0.248 e. The lowest BCUT2D eigenvalue weighted by atomic mass is 10.1. The maximum atomic E-state index is 10.9. The Bertz CT molecular complexity index is 487. The van der Waals surface area contributed by atoms with E-state index < -0.39 is 0 Å². The summed E-state index contributed by atoms with van der Waals surface area (Å²) in [6.07, 6.45) is 0. The topological polar surface area (TPSA) is 53.1 Å². The first-order valence-electron chi connectivity index (χ1n) is 4.02. The van der Waals surface area contributed by atoms with Gasteiger partial charge in [0.2, 0.25) is 5.56 Å². The molecule has 0 bridgehead atoms. The maximum Gasteiger partial charge on any atom is 0.248 e. The molecule has 0 saturated carbocycles. The third kappa shape index (κ3) is 1.46. The highest BCUT2D eigenvalue weighted by Gasteiger charge is 1.95. The fourth-order valence-electron chi connectivity index (χ4n) is 1.30. The molecule has 0 aliphatic heterocycles. The van der Waals surface area contributed by atoms with Gasteiger partial charge in [-0.1, -0.05) is 6.07 Å². The van der Waals surface area contributed by atoms with Crippen LogP contribution in [0.3, 0.4) is 0 Å². The van der Waals surface area contributed by atoms with Gasteiger partial charge in [-0.15, -0.1) is 0 Å². The fraction of sp³-hybridized carbons (Fsp3) is 0.100. The first-order valence-corrected chi connectivity index (χ1v) is 4.02. The van der Waals surface area contributed by atoms with Crippen LogP contribution >= 0.6 is 0 Å². The molecule has 0 spiro atoms. The highest BCUT2D eigenvalue weighted by molar-refractivity contribution is 5.78. The molecule has 1 heterocycles. The summed E-state index contributed by atoms with van der Waals surface area (Å²) in [5, 5.41) is 9.82. The van der Waals surface area contributed by atoms with E-state index in [1.165, 1.54) is 6.07 Å². The Morgan fingerprint density at radius 1 is 1.23 bits per heavy atom. The third-order valence-corrected chi connectivity index (χ3v) is 1.97. The molecule has 0 radical (unpaired) electrons. The highest BCUT2D eigenvalue weighted by Crippen LogP contribution is 2.11. The molecule has 3 nitrogen and oxygen atoms in total. The van der Waals surface area contributed by atoms with Crippen LogP contribution in [0.15, 0.2) is 35.1 Å². The zero-order chi connectivity index (χ0) is 9.26. The van der Waals surface area contributed by atoms with Gasteiger partial charge in [0, 0.05) is 11.6 Å². The number of aromatic amines is 1. The molecular weight excluding hydrogens is 166 g/mol. The van der Waals surface area contributed by atoms with Crippen LogP contribution in [0.4, 0.5) is 0 Å². The number of H-pyrrole nitrogens is 1. The van der Waals surface area contributed by atoms with E-state index in [1.807, 2.05) is 6.07 Å². The van der Waals surface area contributed by atoms with Crippen LogP contribution in [0, 0.1) is 0 Å². The van der Waals surface area contributed by atoms with E-state index in [9.17, 15) is 4.79 Å². The molecule has 0 amide bonds. The lowest BCUT2D eigenvalue weighted by Crippen LogP contribution is -2.02. The Balaban J connectivity index is 2.73. The first kappa shape index (κ1) is 8.01. The summed E-state index contributed by atoms with van der Waals surface area (Å²) in [6, 6.07) is 8.66. The van der Waals surface area contributed by atoms with Crippen LogP contribution in [0.25, 0.3) is 10.9 Å². The zero-order valence-corrected chi connectivity index (χ0v) is 6.95. The number of hydrogen-bond donors (Lipinski definition) is 2. The zero-order valence-electron chi connectivity index (χ0n) is 6.95. The van der Waals surface area contributed by atoms with E-state index in [0.29, 0.717) is 0 Å². The number of aliphatic hydroxyl groups excluding tert-OH is 1. The molecule has 0 unspecified atom stereocenters. The maximum absolute atomic E-state index is 10.9. The molecule has 2 aromatic rings. The molecule has 13 heavy (non-hydrogen) atoms. The van der Waals surface area contributed by atoms with E-state index in [-0.39, 0.29) is 12.2 Å². The van der Waals surface area contributed by atoms with Crippen molar-refractivity contribution >= 4 is 10.9 Å². The Morgan fingerprint density at radius 2 is 2.08 bits per heavy atom. The summed E-state index contributed by atoms with van der Waals surface area (Å²) < 4.78 is 0. The second kappa shape index (κ2) is 3.03. The molecule has 1 aromatic heterocycles. The number of rotatable bonds is 1. The van der Waals surface area contributed by atoms with Gasteiger partial charge >= 0.3 is 0 Å². The van der Waals surface area contributed by atoms with Gasteiger partial charge < -0.3 is 10.1 Å². The van der Waals surface area contributed by atoms with Crippen molar-refractivity contribution in [2.24, 2.45) is 0 Å². The van der Waals surface area contributed by atoms with E-state index in [4.69, 9.17) is 5.11 Å². The molecule has 1 aromatic carbocycles. The molecule has 0 saturated heterocycles. The van der Waals surface area contributed by atoms with Gasteiger partial charge in [-0.05, 0) is 29.1 Å². The summed E-state index contributed by atoms with van der Waals surface area (Å²) in [5.41, 5.74) is 1.54. The van der Waals surface area contributed by atoms with Gasteiger partial charge in [0.15, 0.2) is 0 Å². The molecule has 66 valence electrons. The SMILES string of the molecule is O=c1ccc2cc(CO)ccc2[nH]1. The van der Waals surface area contributed by atoms with Crippen molar-refractivity contribution in [3.05, 3.63) is 46.2 Å². The monoisotopic (exact) mass is 175 g/mol. The van der Waals surface area contributed by atoms with Gasteiger partial charge in [0.05, 0.1) is 6.61 Å². The van der Waals surface area contributed by atoms with Crippen LogP contribution in [0.5, 0.6) is 0 Å². The summed E-state index contributed by atoms with van der Waals surface area (Å²) in [5.74, 6) is 0. The average Bonchev–Trinajstić information content (AvgIpc) is 2.17. The van der Waals surface area contributed by atoms with Crippen LogP contribution in [-0.2, 0) is 6.61 Å². The van der Waals surface area contributed by atoms with Gasteiger partial charge in [0.1, 0.15) is 0 Å². The minimum absolute atomic E-state index is 0.0229. The van der Waals surface area contributed by atoms with Crippen LogP contribution in [-0.4, -0.2) is 10.1 Å². The molecule has 0 atom stereocenters. The van der Waals surface area contributed by atoms with Crippen LogP contribution in [0.1, 0.15) is 5.56 Å². The Hall–Kier alpha value is -1.61. The van der Waals surface area contributed by atoms with Gasteiger partial charge in [0.25, 0.3) is 0 Å². The first-order chi connectivity index (χ1) is 6.29. The van der Waals surface area contributed by atoms with Gasteiger partial charge in [-0.2, -0.15) is 0 Å². The number of nitrogens with one attached hydrogen (secondary N) is 1. The fourth-order valence-corrected chi connectivity index (χ4v) is 1.30. The quantitative estimate of drug-likeness (QED) is 0.679. The molecule has 0 fully saturated rings. The van der Waals surface area contributed by atoms with E-state index >= 15 is 0 Å². The number of fused-ring (bicyclic) bond motifs is 1. The summed E-state index contributed by atoms with van der Waals surface area (Å²) in [4.78, 5) is 13.6. The number of aliphatic hydroxyl groups is 1. The minimum Gasteiger partial charge on any atom is -0.392 e. The van der Waals surface area contributed by atoms with Crippen molar-refractivity contribution in [2.75, 3.05) is 0 Å². The number of benzene rings is 1. The Labute approximate surface area is 74.7 Å². The minimum atomic E-state index is -0.107. The van der Waals surface area contributed by atoms with Gasteiger partial charge in [-0.3, -0.25) is 4.79 Å². The largest absolute Gasteiger partial charge is 0.392 e. The molecule has 2 N–H and O–H groups in total. The normalized spacial score (nSPS) is 10.5. The summed E-state index contributed by atoms with van der Waals surface area (Å²) >= 11 is 0.